The van der Waals surface area contributed by atoms with Gasteiger partial charge in [0.2, 0.25) is 0 Å². The van der Waals surface area contributed by atoms with Gasteiger partial charge in [-0.1, -0.05) is 44.5 Å². The Kier molecular flexibility index (Phi) is 6.61. The first-order valence-corrected chi connectivity index (χ1v) is 7.00. The second-order valence-corrected chi connectivity index (χ2v) is 5.47. The molecular weight excluding hydrogens is 230 g/mol. The summed E-state index contributed by atoms with van der Waals surface area (Å²) in [5.41, 5.74) is 1.31. The van der Waals surface area contributed by atoms with Crippen molar-refractivity contribution in [3.05, 3.63) is 34.9 Å². The number of hydrogen-bond donors (Lipinski definition) is 1. The van der Waals surface area contributed by atoms with Crippen molar-refractivity contribution in [3.63, 3.8) is 0 Å². The maximum Gasteiger partial charge on any atom is 0.0409 e. The molecule has 1 rings (SSSR count). The van der Waals surface area contributed by atoms with Gasteiger partial charge in [-0.05, 0) is 49.4 Å². The van der Waals surface area contributed by atoms with E-state index in [0.717, 1.165) is 17.5 Å². The molecule has 1 atom stereocenters. The first-order valence-electron chi connectivity index (χ1n) is 6.62. The van der Waals surface area contributed by atoms with Crippen LogP contribution < -0.4 is 5.32 Å². The molecule has 1 unspecified atom stereocenters. The lowest BCUT2D eigenvalue weighted by atomic mass is 9.97. The Hall–Kier alpha value is -0.530. The Bertz CT molecular complexity index is 322. The van der Waals surface area contributed by atoms with Crippen molar-refractivity contribution in [1.82, 2.24) is 5.32 Å². The Morgan fingerprint density at radius 3 is 2.59 bits per heavy atom. The maximum absolute atomic E-state index is 6.06. The fourth-order valence-electron chi connectivity index (χ4n) is 1.93. The van der Waals surface area contributed by atoms with Crippen LogP contribution in [0, 0.1) is 5.92 Å². The van der Waals surface area contributed by atoms with Crippen molar-refractivity contribution in [2.24, 2.45) is 5.92 Å². The average Bonchev–Trinajstić information content (AvgIpc) is 2.29. The van der Waals surface area contributed by atoms with E-state index in [1.807, 2.05) is 12.1 Å². The Morgan fingerprint density at radius 2 is 2.00 bits per heavy atom. The fourth-order valence-corrected chi connectivity index (χ4v) is 2.13. The van der Waals surface area contributed by atoms with Crippen LogP contribution in [-0.2, 0) is 0 Å². The molecule has 96 valence electrons. The van der Waals surface area contributed by atoms with Crippen LogP contribution >= 0.6 is 11.6 Å². The van der Waals surface area contributed by atoms with E-state index in [1.54, 1.807) is 0 Å². The highest BCUT2D eigenvalue weighted by molar-refractivity contribution is 6.30. The van der Waals surface area contributed by atoms with Gasteiger partial charge < -0.3 is 5.32 Å². The Labute approximate surface area is 111 Å². The molecule has 1 N–H and O–H groups in total. The number of hydrogen-bond acceptors (Lipinski definition) is 1. The van der Waals surface area contributed by atoms with Crippen LogP contribution in [0.25, 0.3) is 0 Å². The van der Waals surface area contributed by atoms with Gasteiger partial charge in [0.1, 0.15) is 0 Å². The van der Waals surface area contributed by atoms with Gasteiger partial charge in [0.05, 0.1) is 0 Å². The van der Waals surface area contributed by atoms with Gasteiger partial charge >= 0.3 is 0 Å². The van der Waals surface area contributed by atoms with Crippen molar-refractivity contribution in [2.45, 2.75) is 46.1 Å². The molecule has 17 heavy (non-hydrogen) atoms. The summed E-state index contributed by atoms with van der Waals surface area (Å²) in [6.45, 7) is 7.81. The molecule has 1 nitrogen and oxygen atoms in total. The number of halogens is 1. The third kappa shape index (κ3) is 5.56. The lowest BCUT2D eigenvalue weighted by molar-refractivity contribution is 0.441. The van der Waals surface area contributed by atoms with E-state index in [9.17, 15) is 0 Å². The standard InChI is InChI=1S/C15H24ClN/c1-4-10-17-15(9-8-12(2)3)13-6-5-7-14(16)11-13/h5-7,11-12,15,17H,4,8-10H2,1-3H3. The molecule has 1 aromatic carbocycles. The van der Waals surface area contributed by atoms with Gasteiger partial charge in [0.15, 0.2) is 0 Å². The Balaban J connectivity index is 2.67. The minimum Gasteiger partial charge on any atom is -0.310 e. The zero-order valence-electron chi connectivity index (χ0n) is 11.2. The molecule has 2 heteroatoms. The second kappa shape index (κ2) is 7.73. The van der Waals surface area contributed by atoms with Crippen LogP contribution in [0.1, 0.15) is 51.6 Å². The predicted octanol–water partition coefficient (Wildman–Crippen LogP) is 4.82. The van der Waals surface area contributed by atoms with Crippen molar-refractivity contribution in [3.8, 4) is 0 Å². The normalized spacial score (nSPS) is 13.0. The van der Waals surface area contributed by atoms with Crippen molar-refractivity contribution >= 4 is 11.6 Å². The number of nitrogens with one attached hydrogen (secondary N) is 1. The molecule has 0 radical (unpaired) electrons. The molecule has 0 aromatic heterocycles. The van der Waals surface area contributed by atoms with Crippen molar-refractivity contribution in [2.75, 3.05) is 6.54 Å². The van der Waals surface area contributed by atoms with Gasteiger partial charge in [-0.15, -0.1) is 0 Å². The van der Waals surface area contributed by atoms with Crippen LogP contribution in [0.3, 0.4) is 0 Å². The van der Waals surface area contributed by atoms with Crippen LogP contribution in [0.4, 0.5) is 0 Å². The van der Waals surface area contributed by atoms with Crippen LogP contribution in [0.15, 0.2) is 24.3 Å². The fraction of sp³-hybridized carbons (Fsp3) is 0.600. The quantitative estimate of drug-likeness (QED) is 0.735. The van der Waals surface area contributed by atoms with E-state index in [4.69, 9.17) is 11.6 Å². The minimum absolute atomic E-state index is 0.441. The van der Waals surface area contributed by atoms with E-state index in [2.05, 4.69) is 38.2 Å². The molecule has 0 spiro atoms. The lowest BCUT2D eigenvalue weighted by Gasteiger charge is -2.20. The topological polar surface area (TPSA) is 12.0 Å². The van der Waals surface area contributed by atoms with Gasteiger partial charge in [0, 0.05) is 11.1 Å². The minimum atomic E-state index is 0.441. The summed E-state index contributed by atoms with van der Waals surface area (Å²) in [5.74, 6) is 0.750. The smallest absolute Gasteiger partial charge is 0.0409 e. The monoisotopic (exact) mass is 253 g/mol. The number of benzene rings is 1. The first-order chi connectivity index (χ1) is 8.13. The lowest BCUT2D eigenvalue weighted by Crippen LogP contribution is -2.22. The van der Waals surface area contributed by atoms with E-state index < -0.39 is 0 Å². The molecule has 0 saturated carbocycles. The van der Waals surface area contributed by atoms with E-state index in [-0.39, 0.29) is 0 Å². The van der Waals surface area contributed by atoms with Gasteiger partial charge in [0.25, 0.3) is 0 Å². The molecule has 0 fully saturated rings. The summed E-state index contributed by atoms with van der Waals surface area (Å²) in [7, 11) is 0. The maximum atomic E-state index is 6.06. The number of rotatable bonds is 7. The molecule has 0 amide bonds. The van der Waals surface area contributed by atoms with Crippen LogP contribution in [0.5, 0.6) is 0 Å². The summed E-state index contributed by atoms with van der Waals surface area (Å²) < 4.78 is 0. The highest BCUT2D eigenvalue weighted by Gasteiger charge is 2.11. The predicted molar refractivity (Wildman–Crippen MR) is 76.6 cm³/mol. The second-order valence-electron chi connectivity index (χ2n) is 5.03. The highest BCUT2D eigenvalue weighted by atomic mass is 35.5. The SMILES string of the molecule is CCCNC(CCC(C)C)c1cccc(Cl)c1. The zero-order chi connectivity index (χ0) is 12.7. The summed E-state index contributed by atoms with van der Waals surface area (Å²) >= 11 is 6.06. The van der Waals surface area contributed by atoms with Gasteiger partial charge in [-0.3, -0.25) is 0 Å². The molecular formula is C15H24ClN. The Morgan fingerprint density at radius 1 is 1.24 bits per heavy atom. The summed E-state index contributed by atoms with van der Waals surface area (Å²) in [4.78, 5) is 0. The zero-order valence-corrected chi connectivity index (χ0v) is 11.9. The molecule has 0 aliphatic heterocycles. The van der Waals surface area contributed by atoms with Crippen molar-refractivity contribution < 1.29 is 0 Å². The molecule has 0 aliphatic carbocycles. The van der Waals surface area contributed by atoms with Crippen molar-refractivity contribution in [1.29, 1.82) is 0 Å². The average molecular weight is 254 g/mol. The molecule has 0 saturated heterocycles. The third-order valence-electron chi connectivity index (χ3n) is 2.92. The summed E-state index contributed by atoms with van der Waals surface area (Å²) in [5, 5.41) is 4.44. The van der Waals surface area contributed by atoms with Crippen LogP contribution in [-0.4, -0.2) is 6.54 Å². The van der Waals surface area contributed by atoms with Crippen LogP contribution in [0.2, 0.25) is 5.02 Å². The highest BCUT2D eigenvalue weighted by Crippen LogP contribution is 2.23. The van der Waals surface area contributed by atoms with E-state index in [1.165, 1.54) is 24.8 Å². The van der Waals surface area contributed by atoms with E-state index in [0.29, 0.717) is 6.04 Å². The molecule has 0 heterocycles. The summed E-state index contributed by atoms with van der Waals surface area (Å²) in [6.07, 6.45) is 3.59. The molecule has 0 bridgehead atoms. The van der Waals surface area contributed by atoms with Gasteiger partial charge in [-0.25, -0.2) is 0 Å². The van der Waals surface area contributed by atoms with E-state index >= 15 is 0 Å². The largest absolute Gasteiger partial charge is 0.310 e. The summed E-state index contributed by atoms with van der Waals surface area (Å²) in [6, 6.07) is 8.66. The third-order valence-corrected chi connectivity index (χ3v) is 3.16. The first kappa shape index (κ1) is 14.5. The molecule has 1 aromatic rings. The van der Waals surface area contributed by atoms with Gasteiger partial charge in [-0.2, -0.15) is 0 Å². The molecule has 0 aliphatic rings.